The molecule has 0 saturated carbocycles. The van der Waals surface area contributed by atoms with Crippen LogP contribution in [0.1, 0.15) is 23.7 Å². The lowest BCUT2D eigenvalue weighted by molar-refractivity contribution is 0.0941. The van der Waals surface area contributed by atoms with E-state index in [1.807, 2.05) is 0 Å². The first kappa shape index (κ1) is 17.2. The van der Waals surface area contributed by atoms with Crippen LogP contribution in [0, 0.1) is 0 Å². The minimum absolute atomic E-state index is 0.0374. The van der Waals surface area contributed by atoms with Gasteiger partial charge in [-0.15, -0.1) is 0 Å². The third-order valence-electron chi connectivity index (χ3n) is 4.72. The van der Waals surface area contributed by atoms with Crippen molar-refractivity contribution in [2.24, 2.45) is 0 Å². The van der Waals surface area contributed by atoms with Crippen LogP contribution >= 0.6 is 0 Å². The molecule has 1 N–H and O–H groups in total. The van der Waals surface area contributed by atoms with Crippen LogP contribution in [-0.4, -0.2) is 74.5 Å². The maximum atomic E-state index is 12.4. The fourth-order valence-corrected chi connectivity index (χ4v) is 4.88. The molecule has 1 amide bonds. The van der Waals surface area contributed by atoms with Crippen LogP contribution in [0.4, 0.5) is 5.82 Å². The maximum Gasteiger partial charge on any atom is 0.251 e. The van der Waals surface area contributed by atoms with Gasteiger partial charge in [0, 0.05) is 44.0 Å². The predicted octanol–water partition coefficient (Wildman–Crippen LogP) is 0.140. The number of carbonyl (C=O) groups excluding carboxylic acids is 1. The molecule has 2 aliphatic heterocycles. The van der Waals surface area contributed by atoms with E-state index in [0.717, 1.165) is 38.5 Å². The van der Waals surface area contributed by atoms with E-state index in [2.05, 4.69) is 27.0 Å². The first-order valence-electron chi connectivity index (χ1n) is 8.41. The second-order valence-corrected chi connectivity index (χ2v) is 8.63. The van der Waals surface area contributed by atoms with Gasteiger partial charge in [-0.25, -0.2) is 13.4 Å². The quantitative estimate of drug-likeness (QED) is 0.830. The number of aromatic nitrogens is 1. The fourth-order valence-electron chi connectivity index (χ4n) is 3.20. The van der Waals surface area contributed by atoms with Crippen LogP contribution in [-0.2, 0) is 9.84 Å². The van der Waals surface area contributed by atoms with Gasteiger partial charge in [-0.2, -0.15) is 0 Å². The van der Waals surface area contributed by atoms with Crippen molar-refractivity contribution < 1.29 is 13.2 Å². The van der Waals surface area contributed by atoms with Gasteiger partial charge in [-0.1, -0.05) is 6.92 Å². The number of rotatable bonds is 4. The molecule has 7 nitrogen and oxygen atoms in total. The van der Waals surface area contributed by atoms with Crippen molar-refractivity contribution in [3.05, 3.63) is 23.9 Å². The highest BCUT2D eigenvalue weighted by molar-refractivity contribution is 7.91. The lowest BCUT2D eigenvalue weighted by Crippen LogP contribution is -2.46. The lowest BCUT2D eigenvalue weighted by Gasteiger charge is -2.34. The van der Waals surface area contributed by atoms with Gasteiger partial charge in [-0.05, 0) is 25.1 Å². The summed E-state index contributed by atoms with van der Waals surface area (Å²) in [4.78, 5) is 21.3. The number of piperazine rings is 1. The number of sulfone groups is 1. The smallest absolute Gasteiger partial charge is 0.251 e. The van der Waals surface area contributed by atoms with Crippen molar-refractivity contribution >= 4 is 21.6 Å². The van der Waals surface area contributed by atoms with Crippen LogP contribution in [0.25, 0.3) is 0 Å². The summed E-state index contributed by atoms with van der Waals surface area (Å²) in [6, 6.07) is 3.18. The van der Waals surface area contributed by atoms with E-state index in [1.165, 1.54) is 0 Å². The summed E-state index contributed by atoms with van der Waals surface area (Å²) in [6.45, 7) is 6.98. The molecule has 0 aliphatic carbocycles. The number of pyridine rings is 1. The summed E-state index contributed by atoms with van der Waals surface area (Å²) >= 11 is 0. The molecule has 1 atom stereocenters. The van der Waals surface area contributed by atoms with Crippen molar-refractivity contribution in [1.82, 2.24) is 15.2 Å². The van der Waals surface area contributed by atoms with E-state index in [1.54, 1.807) is 18.3 Å². The molecule has 1 aromatic heterocycles. The molecule has 2 aliphatic rings. The Morgan fingerprint density at radius 2 is 2.08 bits per heavy atom. The molecule has 1 unspecified atom stereocenters. The van der Waals surface area contributed by atoms with Gasteiger partial charge in [0.05, 0.1) is 11.5 Å². The Labute approximate surface area is 143 Å². The molecule has 0 radical (unpaired) electrons. The van der Waals surface area contributed by atoms with Gasteiger partial charge in [0.25, 0.3) is 5.91 Å². The Morgan fingerprint density at radius 3 is 2.71 bits per heavy atom. The highest BCUT2D eigenvalue weighted by Crippen LogP contribution is 2.16. The molecule has 0 spiro atoms. The highest BCUT2D eigenvalue weighted by atomic mass is 32.2. The molecule has 3 heterocycles. The minimum Gasteiger partial charge on any atom is -0.354 e. The Morgan fingerprint density at radius 1 is 1.33 bits per heavy atom. The molecule has 0 aromatic carbocycles. The number of hydrogen-bond donors (Lipinski definition) is 1. The third kappa shape index (κ3) is 4.05. The lowest BCUT2D eigenvalue weighted by atomic mass is 10.2. The molecule has 2 fully saturated rings. The van der Waals surface area contributed by atoms with Crippen molar-refractivity contribution in [2.75, 3.05) is 49.1 Å². The number of likely N-dealkylation sites (N-methyl/N-ethyl adjacent to an activating group) is 1. The molecular formula is C16H24N4O3S. The summed E-state index contributed by atoms with van der Waals surface area (Å²) in [5.41, 5.74) is 0.530. The van der Waals surface area contributed by atoms with Gasteiger partial charge < -0.3 is 15.1 Å². The van der Waals surface area contributed by atoms with E-state index in [0.29, 0.717) is 12.0 Å². The summed E-state index contributed by atoms with van der Waals surface area (Å²) in [6.07, 6.45) is 2.13. The van der Waals surface area contributed by atoms with Gasteiger partial charge >= 0.3 is 0 Å². The largest absolute Gasteiger partial charge is 0.354 e. The second kappa shape index (κ2) is 7.06. The molecule has 24 heavy (non-hydrogen) atoms. The van der Waals surface area contributed by atoms with E-state index in [9.17, 15) is 13.2 Å². The second-order valence-electron chi connectivity index (χ2n) is 6.40. The Bertz CT molecular complexity index is 699. The van der Waals surface area contributed by atoms with Crippen LogP contribution in [0.2, 0.25) is 0 Å². The van der Waals surface area contributed by atoms with Crippen molar-refractivity contribution in [3.8, 4) is 0 Å². The Kier molecular flexibility index (Phi) is 5.05. The van der Waals surface area contributed by atoms with Crippen molar-refractivity contribution in [3.63, 3.8) is 0 Å². The molecule has 2 saturated heterocycles. The number of hydrogen-bond acceptors (Lipinski definition) is 6. The average Bonchev–Trinajstić information content (AvgIpc) is 2.93. The highest BCUT2D eigenvalue weighted by Gasteiger charge is 2.29. The van der Waals surface area contributed by atoms with Crippen LogP contribution < -0.4 is 10.2 Å². The first-order chi connectivity index (χ1) is 11.5. The zero-order valence-corrected chi connectivity index (χ0v) is 14.8. The third-order valence-corrected chi connectivity index (χ3v) is 6.49. The van der Waals surface area contributed by atoms with Crippen molar-refractivity contribution in [2.45, 2.75) is 19.4 Å². The van der Waals surface area contributed by atoms with E-state index >= 15 is 0 Å². The maximum absolute atomic E-state index is 12.4. The fraction of sp³-hybridized carbons (Fsp3) is 0.625. The molecule has 3 rings (SSSR count). The average molecular weight is 352 g/mol. The SMILES string of the molecule is CCN1CCN(c2cc(C(=O)NC3CCS(=O)(=O)C3)ccn2)CC1. The Balaban J connectivity index is 1.64. The van der Waals surface area contributed by atoms with Gasteiger partial charge in [-0.3, -0.25) is 4.79 Å². The van der Waals surface area contributed by atoms with E-state index in [-0.39, 0.29) is 23.5 Å². The molecule has 0 bridgehead atoms. The minimum atomic E-state index is -3.00. The zero-order valence-electron chi connectivity index (χ0n) is 13.9. The zero-order chi connectivity index (χ0) is 17.2. The summed E-state index contributed by atoms with van der Waals surface area (Å²) in [7, 11) is -3.00. The van der Waals surface area contributed by atoms with E-state index < -0.39 is 9.84 Å². The van der Waals surface area contributed by atoms with Gasteiger partial charge in [0.1, 0.15) is 5.82 Å². The standard InChI is InChI=1S/C16H24N4O3S/c1-2-19-6-8-20(9-7-19)15-11-13(3-5-17-15)16(21)18-14-4-10-24(22,23)12-14/h3,5,11,14H,2,4,6-10,12H2,1H3,(H,18,21). The number of anilines is 1. The van der Waals surface area contributed by atoms with Crippen molar-refractivity contribution in [1.29, 1.82) is 0 Å². The number of nitrogens with zero attached hydrogens (tertiary/aromatic N) is 3. The normalized spacial score (nSPS) is 24.0. The first-order valence-corrected chi connectivity index (χ1v) is 10.2. The van der Waals surface area contributed by atoms with Crippen LogP contribution in [0.3, 0.4) is 0 Å². The van der Waals surface area contributed by atoms with Crippen LogP contribution in [0.5, 0.6) is 0 Å². The summed E-state index contributed by atoms with van der Waals surface area (Å²) in [5, 5.41) is 2.82. The molecule has 8 heteroatoms. The van der Waals surface area contributed by atoms with Crippen LogP contribution in [0.15, 0.2) is 18.3 Å². The molecule has 132 valence electrons. The summed E-state index contributed by atoms with van der Waals surface area (Å²) < 4.78 is 23.0. The monoisotopic (exact) mass is 352 g/mol. The number of amides is 1. The molecule has 1 aromatic rings. The molecular weight excluding hydrogens is 328 g/mol. The number of nitrogens with one attached hydrogen (secondary N) is 1. The Hall–Kier alpha value is -1.67. The number of carbonyl (C=O) groups is 1. The predicted molar refractivity (Wildman–Crippen MR) is 93.1 cm³/mol. The topological polar surface area (TPSA) is 82.6 Å². The van der Waals surface area contributed by atoms with E-state index in [4.69, 9.17) is 0 Å². The van der Waals surface area contributed by atoms with Gasteiger partial charge in [0.15, 0.2) is 9.84 Å². The van der Waals surface area contributed by atoms with Gasteiger partial charge in [0.2, 0.25) is 0 Å². The summed E-state index contributed by atoms with van der Waals surface area (Å²) in [5.74, 6) is 0.766.